The average molecular weight is 294 g/mol. The number of ketones is 1. The number of benzene rings is 1. The second kappa shape index (κ2) is 6.67. The molecule has 0 spiro atoms. The number of phenolic OH excluding ortho intramolecular Hbond substituents is 1. The Bertz CT molecular complexity index is 542. The van der Waals surface area contributed by atoms with Crippen LogP contribution in [0.25, 0.3) is 0 Å². The third kappa shape index (κ3) is 4.01. The van der Waals surface area contributed by atoms with Gasteiger partial charge in [0.25, 0.3) is 0 Å². The molecule has 0 bridgehead atoms. The zero-order chi connectivity index (χ0) is 15.4. The molecule has 0 heterocycles. The highest BCUT2D eigenvalue weighted by molar-refractivity contribution is 6.00. The zero-order valence-corrected chi connectivity index (χ0v) is 11.7. The van der Waals surface area contributed by atoms with E-state index in [2.05, 4.69) is 0 Å². The van der Waals surface area contributed by atoms with Crippen molar-refractivity contribution in [3.05, 3.63) is 29.6 Å². The summed E-state index contributed by atoms with van der Waals surface area (Å²) in [5.74, 6) is -1.76. The second-order valence-corrected chi connectivity index (χ2v) is 5.39. The summed E-state index contributed by atoms with van der Waals surface area (Å²) in [6, 6.07) is 3.38. The highest BCUT2D eigenvalue weighted by Gasteiger charge is 2.26. The van der Waals surface area contributed by atoms with Gasteiger partial charge in [-0.1, -0.05) is 12.8 Å². The zero-order valence-electron chi connectivity index (χ0n) is 11.7. The van der Waals surface area contributed by atoms with Gasteiger partial charge in [-0.2, -0.15) is 0 Å². The number of halogens is 1. The maximum Gasteiger partial charge on any atom is 0.231 e. The van der Waals surface area contributed by atoms with E-state index in [9.17, 15) is 19.1 Å². The fourth-order valence-corrected chi connectivity index (χ4v) is 2.78. The third-order valence-electron chi connectivity index (χ3n) is 3.81. The van der Waals surface area contributed by atoms with Crippen molar-refractivity contribution in [3.63, 3.8) is 0 Å². The van der Waals surface area contributed by atoms with E-state index in [1.165, 1.54) is 0 Å². The van der Waals surface area contributed by atoms with Gasteiger partial charge in [-0.25, -0.2) is 4.39 Å². The van der Waals surface area contributed by atoms with Crippen LogP contribution in [0.5, 0.6) is 5.75 Å². The van der Waals surface area contributed by atoms with Crippen LogP contribution in [0.3, 0.4) is 0 Å². The Morgan fingerprint density at radius 1 is 1.29 bits per heavy atom. The van der Waals surface area contributed by atoms with Crippen molar-refractivity contribution >= 4 is 11.7 Å². The summed E-state index contributed by atoms with van der Waals surface area (Å²) in [5.41, 5.74) is 5.16. The van der Waals surface area contributed by atoms with Crippen LogP contribution in [-0.2, 0) is 4.79 Å². The molecule has 0 aromatic heterocycles. The predicted molar refractivity (Wildman–Crippen MR) is 75.4 cm³/mol. The first-order valence-electron chi connectivity index (χ1n) is 7.01. The molecular formula is C15H19FN2O3. The summed E-state index contributed by atoms with van der Waals surface area (Å²) in [6.45, 7) is -0.0584. The Balaban J connectivity index is 2.13. The Morgan fingerprint density at radius 2 is 1.95 bits per heavy atom. The summed E-state index contributed by atoms with van der Waals surface area (Å²) in [6.07, 6.45) is 3.93. The first-order valence-corrected chi connectivity index (χ1v) is 7.01. The Labute approximate surface area is 122 Å². The lowest BCUT2D eigenvalue weighted by Crippen LogP contribution is -2.43. The van der Waals surface area contributed by atoms with E-state index in [1.807, 2.05) is 0 Å². The Kier molecular flexibility index (Phi) is 4.90. The highest BCUT2D eigenvalue weighted by Crippen LogP contribution is 2.25. The average Bonchev–Trinajstić information content (AvgIpc) is 2.94. The molecule has 6 heteroatoms. The Morgan fingerprint density at radius 3 is 2.57 bits per heavy atom. The number of rotatable bonds is 6. The van der Waals surface area contributed by atoms with Gasteiger partial charge in [0.2, 0.25) is 5.91 Å². The molecule has 1 amide bonds. The second-order valence-electron chi connectivity index (χ2n) is 5.39. The van der Waals surface area contributed by atoms with Crippen LogP contribution in [0.4, 0.5) is 4.39 Å². The van der Waals surface area contributed by atoms with Crippen molar-refractivity contribution in [2.24, 2.45) is 5.73 Å². The lowest BCUT2D eigenvalue weighted by molar-refractivity contribution is -0.119. The lowest BCUT2D eigenvalue weighted by atomic mass is 10.1. The number of hydrogen-bond donors (Lipinski definition) is 2. The van der Waals surface area contributed by atoms with Crippen molar-refractivity contribution in [1.29, 1.82) is 0 Å². The van der Waals surface area contributed by atoms with Gasteiger partial charge in [-0.15, -0.1) is 0 Å². The number of Topliss-reactive ketones (excluding diaryl/α,β-unsaturated/α-hetero) is 1. The van der Waals surface area contributed by atoms with E-state index in [1.54, 1.807) is 4.90 Å². The topological polar surface area (TPSA) is 83.6 Å². The third-order valence-corrected chi connectivity index (χ3v) is 3.81. The molecule has 0 unspecified atom stereocenters. The number of carbonyl (C=O) groups is 2. The summed E-state index contributed by atoms with van der Waals surface area (Å²) in [4.78, 5) is 25.1. The molecule has 0 saturated heterocycles. The van der Waals surface area contributed by atoms with Gasteiger partial charge < -0.3 is 10.8 Å². The summed E-state index contributed by atoms with van der Waals surface area (Å²) >= 11 is 0. The van der Waals surface area contributed by atoms with Gasteiger partial charge in [-0.05, 0) is 31.0 Å². The fourth-order valence-electron chi connectivity index (χ4n) is 2.78. The van der Waals surface area contributed by atoms with Gasteiger partial charge in [0, 0.05) is 6.04 Å². The summed E-state index contributed by atoms with van der Waals surface area (Å²) < 4.78 is 13.2. The van der Waals surface area contributed by atoms with E-state index >= 15 is 0 Å². The molecule has 2 rings (SSSR count). The van der Waals surface area contributed by atoms with Crippen molar-refractivity contribution in [3.8, 4) is 5.75 Å². The normalized spacial score (nSPS) is 15.5. The quantitative estimate of drug-likeness (QED) is 0.778. The van der Waals surface area contributed by atoms with E-state index in [-0.39, 0.29) is 30.4 Å². The molecule has 1 fully saturated rings. The van der Waals surface area contributed by atoms with Crippen LogP contribution in [0.1, 0.15) is 36.0 Å². The molecule has 3 N–H and O–H groups in total. The molecule has 1 aliphatic rings. The first kappa shape index (κ1) is 15.4. The largest absolute Gasteiger partial charge is 0.507 e. The lowest BCUT2D eigenvalue weighted by Gasteiger charge is -2.26. The van der Waals surface area contributed by atoms with Gasteiger partial charge in [0.1, 0.15) is 11.6 Å². The van der Waals surface area contributed by atoms with Gasteiger partial charge in [0.15, 0.2) is 5.78 Å². The van der Waals surface area contributed by atoms with E-state index < -0.39 is 17.5 Å². The number of carbonyl (C=O) groups excluding carboxylic acids is 2. The summed E-state index contributed by atoms with van der Waals surface area (Å²) in [5, 5.41) is 9.67. The van der Waals surface area contributed by atoms with Gasteiger partial charge in [0.05, 0.1) is 18.7 Å². The highest BCUT2D eigenvalue weighted by atomic mass is 19.1. The van der Waals surface area contributed by atoms with Crippen LogP contribution < -0.4 is 5.73 Å². The van der Waals surface area contributed by atoms with Gasteiger partial charge >= 0.3 is 0 Å². The molecule has 0 aliphatic heterocycles. The minimum Gasteiger partial charge on any atom is -0.507 e. The molecule has 1 aromatic carbocycles. The van der Waals surface area contributed by atoms with Gasteiger partial charge in [-0.3, -0.25) is 14.5 Å². The monoisotopic (exact) mass is 294 g/mol. The molecule has 0 atom stereocenters. The van der Waals surface area contributed by atoms with Crippen LogP contribution >= 0.6 is 0 Å². The SMILES string of the molecule is NC(=O)CN(CC(=O)c1cc(F)ccc1O)C1CCCC1. The molecule has 1 saturated carbocycles. The summed E-state index contributed by atoms with van der Waals surface area (Å²) in [7, 11) is 0. The van der Waals surface area contributed by atoms with E-state index in [4.69, 9.17) is 5.73 Å². The number of aromatic hydroxyl groups is 1. The molecule has 1 aromatic rings. The van der Waals surface area contributed by atoms with Crippen LogP contribution in [-0.4, -0.2) is 40.8 Å². The van der Waals surface area contributed by atoms with Crippen molar-refractivity contribution in [2.45, 2.75) is 31.7 Å². The maximum atomic E-state index is 13.2. The number of amides is 1. The van der Waals surface area contributed by atoms with Crippen LogP contribution in [0, 0.1) is 5.82 Å². The Hall–Kier alpha value is -1.95. The molecule has 114 valence electrons. The smallest absolute Gasteiger partial charge is 0.231 e. The fraction of sp³-hybridized carbons (Fsp3) is 0.467. The van der Waals surface area contributed by atoms with E-state index in [0.717, 1.165) is 43.9 Å². The predicted octanol–water partition coefficient (Wildman–Crippen LogP) is 1.44. The minimum atomic E-state index is -0.585. The molecule has 0 radical (unpaired) electrons. The molecule has 5 nitrogen and oxygen atoms in total. The van der Waals surface area contributed by atoms with Crippen LogP contribution in [0.2, 0.25) is 0 Å². The molecule has 1 aliphatic carbocycles. The molecule has 21 heavy (non-hydrogen) atoms. The molecular weight excluding hydrogens is 275 g/mol. The first-order chi connectivity index (χ1) is 9.97. The van der Waals surface area contributed by atoms with E-state index in [0.29, 0.717) is 0 Å². The number of hydrogen-bond acceptors (Lipinski definition) is 4. The van der Waals surface area contributed by atoms with Crippen molar-refractivity contribution in [2.75, 3.05) is 13.1 Å². The standard InChI is InChI=1S/C15H19FN2O3/c16-10-5-6-13(19)12(7-10)14(20)8-18(9-15(17)21)11-3-1-2-4-11/h5-7,11,19H,1-4,8-9H2,(H2,17,21). The van der Waals surface area contributed by atoms with Crippen molar-refractivity contribution < 1.29 is 19.1 Å². The number of nitrogens with two attached hydrogens (primary N) is 1. The van der Waals surface area contributed by atoms with Crippen LogP contribution in [0.15, 0.2) is 18.2 Å². The number of primary amides is 1. The maximum absolute atomic E-state index is 13.2. The number of phenols is 1. The minimum absolute atomic E-state index is 0.00746. The van der Waals surface area contributed by atoms with Crippen molar-refractivity contribution in [1.82, 2.24) is 4.90 Å². The number of nitrogens with zero attached hydrogens (tertiary/aromatic N) is 1.